The Morgan fingerprint density at radius 3 is 1.75 bits per heavy atom. The van der Waals surface area contributed by atoms with Crippen molar-refractivity contribution in [2.45, 2.75) is 52.9 Å². The van der Waals surface area contributed by atoms with Crippen LogP contribution in [-0.4, -0.2) is 0 Å². The number of hydrogen-bond acceptors (Lipinski definition) is 0. The first-order valence-corrected chi connectivity index (χ1v) is 5.79. The number of hydrogen-bond donors (Lipinski definition) is 0. The molecule has 2 aliphatic carbocycles. The van der Waals surface area contributed by atoms with Gasteiger partial charge in [-0.15, -0.1) is 0 Å². The quantitative estimate of drug-likeness (QED) is 0.595. The van der Waals surface area contributed by atoms with E-state index >= 15 is 0 Å². The molecule has 2 rings (SSSR count). The Morgan fingerprint density at radius 1 is 1.00 bits per heavy atom. The highest BCUT2D eigenvalue weighted by molar-refractivity contribution is 5.11. The largest absolute Gasteiger partial charge is 0.0651 e. The van der Waals surface area contributed by atoms with Gasteiger partial charge in [-0.3, -0.25) is 0 Å². The van der Waals surface area contributed by atoms with Crippen LogP contribution in [-0.2, 0) is 0 Å². The summed E-state index contributed by atoms with van der Waals surface area (Å²) in [7, 11) is 0. The normalized spacial score (nSPS) is 42.8. The molecule has 2 saturated carbocycles. The summed E-state index contributed by atoms with van der Waals surface area (Å²) in [6.45, 7) is 7.14. The van der Waals surface area contributed by atoms with Gasteiger partial charge in [-0.25, -0.2) is 0 Å². The van der Waals surface area contributed by atoms with E-state index in [-0.39, 0.29) is 0 Å². The molecule has 0 heteroatoms. The van der Waals surface area contributed by atoms with Crippen LogP contribution >= 0.6 is 0 Å². The van der Waals surface area contributed by atoms with Crippen LogP contribution in [0.25, 0.3) is 0 Å². The van der Waals surface area contributed by atoms with Crippen molar-refractivity contribution in [2.75, 3.05) is 0 Å². The molecule has 0 aromatic carbocycles. The number of rotatable bonds is 4. The summed E-state index contributed by atoms with van der Waals surface area (Å²) in [5.74, 6) is 3.35. The summed E-state index contributed by atoms with van der Waals surface area (Å²) in [4.78, 5) is 0. The first-order valence-electron chi connectivity index (χ1n) is 5.79. The molecule has 0 amide bonds. The summed E-state index contributed by atoms with van der Waals surface area (Å²) >= 11 is 0. The first-order chi connectivity index (χ1) is 5.79. The lowest BCUT2D eigenvalue weighted by atomic mass is 9.94. The fraction of sp³-hybridized carbons (Fsp3) is 1.00. The molecule has 2 atom stereocenters. The van der Waals surface area contributed by atoms with Crippen molar-refractivity contribution < 1.29 is 0 Å². The predicted molar refractivity (Wildman–Crippen MR) is 53.0 cm³/mol. The van der Waals surface area contributed by atoms with Crippen molar-refractivity contribution in [1.29, 1.82) is 0 Å². The van der Waals surface area contributed by atoms with Gasteiger partial charge in [-0.1, -0.05) is 40.0 Å². The van der Waals surface area contributed by atoms with Crippen LogP contribution in [0.2, 0.25) is 0 Å². The minimum Gasteiger partial charge on any atom is -0.0651 e. The Bertz CT molecular complexity index is 157. The van der Waals surface area contributed by atoms with E-state index in [4.69, 9.17) is 0 Å². The van der Waals surface area contributed by atoms with Crippen molar-refractivity contribution in [2.24, 2.45) is 23.2 Å². The van der Waals surface area contributed by atoms with Gasteiger partial charge in [0.25, 0.3) is 0 Å². The molecule has 70 valence electrons. The zero-order valence-corrected chi connectivity index (χ0v) is 8.77. The molecule has 2 unspecified atom stereocenters. The van der Waals surface area contributed by atoms with Crippen molar-refractivity contribution in [1.82, 2.24) is 0 Å². The Kier molecular flexibility index (Phi) is 1.97. The van der Waals surface area contributed by atoms with Gasteiger partial charge >= 0.3 is 0 Å². The first kappa shape index (κ1) is 8.59. The van der Waals surface area contributed by atoms with E-state index in [2.05, 4.69) is 20.8 Å². The van der Waals surface area contributed by atoms with Crippen LogP contribution < -0.4 is 0 Å². The SMILES string of the molecule is CCC1C(CC)C1C1(CC)CC1. The van der Waals surface area contributed by atoms with Gasteiger partial charge < -0.3 is 0 Å². The topological polar surface area (TPSA) is 0 Å². The highest BCUT2D eigenvalue weighted by atomic mass is 14.7. The molecule has 0 spiro atoms. The molecule has 0 aliphatic heterocycles. The molecule has 0 aromatic rings. The van der Waals surface area contributed by atoms with E-state index in [1.807, 2.05) is 0 Å². The van der Waals surface area contributed by atoms with E-state index < -0.39 is 0 Å². The maximum Gasteiger partial charge on any atom is -0.0266 e. The Balaban J connectivity index is 1.98. The third-order valence-corrected chi connectivity index (χ3v) is 4.58. The molecule has 0 saturated heterocycles. The lowest BCUT2D eigenvalue weighted by Crippen LogP contribution is -2.03. The lowest BCUT2D eigenvalue weighted by molar-refractivity contribution is 0.380. The molecule has 0 aromatic heterocycles. The maximum absolute atomic E-state index is 2.39. The van der Waals surface area contributed by atoms with Crippen LogP contribution in [0.3, 0.4) is 0 Å². The summed E-state index contributed by atoms with van der Waals surface area (Å²) in [5, 5.41) is 0. The van der Waals surface area contributed by atoms with Gasteiger partial charge in [0.1, 0.15) is 0 Å². The highest BCUT2D eigenvalue weighted by Gasteiger charge is 2.62. The van der Waals surface area contributed by atoms with Gasteiger partial charge in [-0.05, 0) is 36.0 Å². The minimum absolute atomic E-state index is 0.849. The summed E-state index contributed by atoms with van der Waals surface area (Å²) < 4.78 is 0. The summed E-state index contributed by atoms with van der Waals surface area (Å²) in [5.41, 5.74) is 0.849. The van der Waals surface area contributed by atoms with Gasteiger partial charge in [0.15, 0.2) is 0 Å². The average Bonchev–Trinajstić information content (AvgIpc) is 2.99. The fourth-order valence-corrected chi connectivity index (χ4v) is 3.55. The Morgan fingerprint density at radius 2 is 1.50 bits per heavy atom. The zero-order valence-electron chi connectivity index (χ0n) is 8.77. The molecule has 0 nitrogen and oxygen atoms in total. The highest BCUT2D eigenvalue weighted by Crippen LogP contribution is 2.70. The lowest BCUT2D eigenvalue weighted by Gasteiger charge is -2.11. The van der Waals surface area contributed by atoms with E-state index in [1.54, 1.807) is 12.8 Å². The second-order valence-electron chi connectivity index (χ2n) is 4.89. The maximum atomic E-state index is 2.39. The Hall–Kier alpha value is 0. The molecule has 12 heavy (non-hydrogen) atoms. The molecular formula is C12H22. The molecule has 0 heterocycles. The summed E-state index contributed by atoms with van der Waals surface area (Å²) in [6, 6.07) is 0. The smallest absolute Gasteiger partial charge is 0.0266 e. The van der Waals surface area contributed by atoms with Crippen LogP contribution in [0.5, 0.6) is 0 Å². The molecular weight excluding hydrogens is 144 g/mol. The van der Waals surface area contributed by atoms with Gasteiger partial charge in [0.05, 0.1) is 0 Å². The third-order valence-electron chi connectivity index (χ3n) is 4.58. The monoisotopic (exact) mass is 166 g/mol. The van der Waals surface area contributed by atoms with Crippen LogP contribution in [0.15, 0.2) is 0 Å². The van der Waals surface area contributed by atoms with Crippen LogP contribution in [0.4, 0.5) is 0 Å². The fourth-order valence-electron chi connectivity index (χ4n) is 3.55. The van der Waals surface area contributed by atoms with Crippen molar-refractivity contribution in [3.8, 4) is 0 Å². The van der Waals surface area contributed by atoms with E-state index in [9.17, 15) is 0 Å². The average molecular weight is 166 g/mol. The van der Waals surface area contributed by atoms with E-state index in [1.165, 1.54) is 19.3 Å². The molecule has 0 N–H and O–H groups in total. The van der Waals surface area contributed by atoms with Crippen molar-refractivity contribution >= 4 is 0 Å². The third kappa shape index (κ3) is 1.03. The summed E-state index contributed by atoms with van der Waals surface area (Å²) in [6.07, 6.45) is 7.41. The van der Waals surface area contributed by atoms with Gasteiger partial charge in [-0.2, -0.15) is 0 Å². The second kappa shape index (κ2) is 2.75. The van der Waals surface area contributed by atoms with Gasteiger partial charge in [0, 0.05) is 0 Å². The molecule has 2 fully saturated rings. The van der Waals surface area contributed by atoms with Crippen molar-refractivity contribution in [3.63, 3.8) is 0 Å². The van der Waals surface area contributed by atoms with E-state index in [0.29, 0.717) is 0 Å². The molecule has 0 bridgehead atoms. The standard InChI is InChI=1S/C12H22/c1-4-9-10(5-2)11(9)12(6-3)7-8-12/h9-11H,4-8H2,1-3H3. The molecule has 2 aliphatic rings. The van der Waals surface area contributed by atoms with Crippen LogP contribution in [0.1, 0.15) is 52.9 Å². The van der Waals surface area contributed by atoms with Gasteiger partial charge in [0.2, 0.25) is 0 Å². The van der Waals surface area contributed by atoms with E-state index in [0.717, 1.165) is 23.2 Å². The minimum atomic E-state index is 0.849. The van der Waals surface area contributed by atoms with Crippen LogP contribution in [0, 0.1) is 23.2 Å². The predicted octanol–water partition coefficient (Wildman–Crippen LogP) is 3.86. The van der Waals surface area contributed by atoms with Crippen molar-refractivity contribution in [3.05, 3.63) is 0 Å². The Labute approximate surface area is 76.7 Å². The molecule has 0 radical (unpaired) electrons. The zero-order chi connectivity index (χ0) is 8.77. The second-order valence-corrected chi connectivity index (χ2v) is 4.89.